The van der Waals surface area contributed by atoms with Gasteiger partial charge in [0.25, 0.3) is 21.6 Å². The lowest BCUT2D eigenvalue weighted by Gasteiger charge is -2.08. The van der Waals surface area contributed by atoms with Crippen molar-refractivity contribution in [1.29, 1.82) is 0 Å². The molecule has 0 aromatic carbocycles. The average molecular weight is 298 g/mol. The van der Waals surface area contributed by atoms with Crippen molar-refractivity contribution in [2.24, 2.45) is 5.14 Å². The molecule has 0 radical (unpaired) electrons. The molecule has 0 bridgehead atoms. The third kappa shape index (κ3) is 4.80. The van der Waals surface area contributed by atoms with E-state index in [9.17, 15) is 17.2 Å². The summed E-state index contributed by atoms with van der Waals surface area (Å²) >= 11 is 0. The van der Waals surface area contributed by atoms with Crippen molar-refractivity contribution in [3.05, 3.63) is 5.82 Å². The average Bonchev–Trinajstić information content (AvgIpc) is 2.68. The number of sulfonamides is 1. The van der Waals surface area contributed by atoms with Crippen LogP contribution in [0.3, 0.4) is 0 Å². The topological polar surface area (TPSA) is 100 Å². The molecule has 1 heterocycles. The summed E-state index contributed by atoms with van der Waals surface area (Å²) in [5.41, 5.74) is 0. The largest absolute Gasteiger partial charge is 0.375 e. The Bertz CT molecular complexity index is 504. The molecule has 0 atom stereocenters. The highest BCUT2D eigenvalue weighted by Crippen LogP contribution is 2.09. The minimum atomic E-state index is -3.95. The van der Waals surface area contributed by atoms with Gasteiger partial charge in [0.2, 0.25) is 0 Å². The Morgan fingerprint density at radius 1 is 1.42 bits per heavy atom. The summed E-state index contributed by atoms with van der Waals surface area (Å²) in [6.07, 6.45) is -1.69. The second-order valence-corrected chi connectivity index (χ2v) is 5.27. The molecule has 0 fully saturated rings. The molecule has 0 saturated carbocycles. The van der Waals surface area contributed by atoms with Gasteiger partial charge >= 0.3 is 0 Å². The van der Waals surface area contributed by atoms with E-state index in [2.05, 4.69) is 10.2 Å². The van der Waals surface area contributed by atoms with Crippen LogP contribution in [0, 0.1) is 0 Å². The Morgan fingerprint density at radius 3 is 2.63 bits per heavy atom. The van der Waals surface area contributed by atoms with Crippen LogP contribution in [0.1, 0.15) is 19.2 Å². The van der Waals surface area contributed by atoms with E-state index in [1.807, 2.05) is 6.92 Å². The van der Waals surface area contributed by atoms with E-state index in [0.29, 0.717) is 18.8 Å². The fourth-order valence-electron chi connectivity index (χ4n) is 1.50. The molecule has 2 N–H and O–H groups in total. The Kier molecular flexibility index (Phi) is 5.76. The van der Waals surface area contributed by atoms with Crippen molar-refractivity contribution >= 4 is 10.0 Å². The van der Waals surface area contributed by atoms with Gasteiger partial charge in [-0.3, -0.25) is 0 Å². The molecule has 19 heavy (non-hydrogen) atoms. The number of ether oxygens (including phenoxy) is 1. The minimum Gasteiger partial charge on any atom is -0.375 e. The molecule has 110 valence electrons. The fraction of sp³-hybridized carbons (Fsp3) is 0.778. The zero-order chi connectivity index (χ0) is 14.5. The summed E-state index contributed by atoms with van der Waals surface area (Å²) in [6.45, 7) is 1.58. The molecular weight excluding hydrogens is 282 g/mol. The normalized spacial score (nSPS) is 12.3. The van der Waals surface area contributed by atoms with Gasteiger partial charge in [-0.1, -0.05) is 6.92 Å². The van der Waals surface area contributed by atoms with Crippen LogP contribution in [-0.4, -0.2) is 42.8 Å². The van der Waals surface area contributed by atoms with Crippen LogP contribution >= 0.6 is 0 Å². The van der Waals surface area contributed by atoms with E-state index in [1.54, 1.807) is 0 Å². The Balaban J connectivity index is 2.75. The molecule has 0 amide bonds. The van der Waals surface area contributed by atoms with Crippen LogP contribution in [0.25, 0.3) is 0 Å². The third-order valence-electron chi connectivity index (χ3n) is 2.21. The van der Waals surface area contributed by atoms with E-state index in [0.717, 1.165) is 0 Å². The van der Waals surface area contributed by atoms with E-state index in [4.69, 9.17) is 9.88 Å². The zero-order valence-corrected chi connectivity index (χ0v) is 11.2. The van der Waals surface area contributed by atoms with Gasteiger partial charge in [0, 0.05) is 13.0 Å². The standard InChI is InChI=1S/C9H16F2N4O3S/c1-2-4-15-8(3-5-18-6-7(10)11)13-14-9(15)19(12,16)17/h7H,2-6H2,1H3,(H2,12,16,17). The molecule has 7 nitrogen and oxygen atoms in total. The molecule has 0 aliphatic rings. The maximum atomic E-state index is 11.9. The Morgan fingerprint density at radius 2 is 2.11 bits per heavy atom. The van der Waals surface area contributed by atoms with Crippen LogP contribution in [0.5, 0.6) is 0 Å². The summed E-state index contributed by atoms with van der Waals surface area (Å²) in [5, 5.41) is 11.9. The second kappa shape index (κ2) is 6.87. The number of nitrogens with two attached hydrogens (primary N) is 1. The molecule has 0 aliphatic heterocycles. The van der Waals surface area contributed by atoms with Gasteiger partial charge in [-0.25, -0.2) is 22.3 Å². The highest BCUT2D eigenvalue weighted by atomic mass is 32.2. The maximum absolute atomic E-state index is 11.9. The summed E-state index contributed by atoms with van der Waals surface area (Å²) in [5.74, 6) is 0.347. The number of halogens is 2. The van der Waals surface area contributed by atoms with E-state index in [1.165, 1.54) is 4.57 Å². The predicted octanol–water partition coefficient (Wildman–Crippen LogP) is 0.160. The van der Waals surface area contributed by atoms with Crippen LogP contribution in [0.2, 0.25) is 0 Å². The highest BCUT2D eigenvalue weighted by Gasteiger charge is 2.20. The Labute approximate surface area is 109 Å². The molecule has 0 unspecified atom stereocenters. The first-order valence-electron chi connectivity index (χ1n) is 5.67. The number of primary sulfonamides is 1. The predicted molar refractivity (Wildman–Crippen MR) is 62.2 cm³/mol. The summed E-state index contributed by atoms with van der Waals surface area (Å²) in [7, 11) is -3.95. The molecule has 1 aromatic rings. The highest BCUT2D eigenvalue weighted by molar-refractivity contribution is 7.89. The monoisotopic (exact) mass is 298 g/mol. The first-order chi connectivity index (χ1) is 8.86. The van der Waals surface area contributed by atoms with E-state index < -0.39 is 23.1 Å². The quantitative estimate of drug-likeness (QED) is 0.689. The van der Waals surface area contributed by atoms with Crippen molar-refractivity contribution in [3.8, 4) is 0 Å². The molecule has 0 aliphatic carbocycles. The van der Waals surface area contributed by atoms with Gasteiger partial charge in [0.1, 0.15) is 12.4 Å². The van der Waals surface area contributed by atoms with E-state index in [-0.39, 0.29) is 18.2 Å². The van der Waals surface area contributed by atoms with Gasteiger partial charge in [-0.15, -0.1) is 10.2 Å². The van der Waals surface area contributed by atoms with Crippen LogP contribution in [0.15, 0.2) is 5.16 Å². The maximum Gasteiger partial charge on any atom is 0.273 e. The zero-order valence-electron chi connectivity index (χ0n) is 10.4. The lowest BCUT2D eigenvalue weighted by Crippen LogP contribution is -2.20. The lowest BCUT2D eigenvalue weighted by atomic mass is 10.4. The van der Waals surface area contributed by atoms with Gasteiger partial charge in [0.05, 0.1) is 6.61 Å². The molecule has 10 heteroatoms. The van der Waals surface area contributed by atoms with Gasteiger partial charge in [-0.05, 0) is 6.42 Å². The van der Waals surface area contributed by atoms with Gasteiger partial charge < -0.3 is 9.30 Å². The van der Waals surface area contributed by atoms with E-state index >= 15 is 0 Å². The minimum absolute atomic E-state index is 0.0107. The summed E-state index contributed by atoms with van der Waals surface area (Å²) < 4.78 is 52.4. The number of nitrogens with zero attached hydrogens (tertiary/aromatic N) is 3. The van der Waals surface area contributed by atoms with Crippen molar-refractivity contribution in [3.63, 3.8) is 0 Å². The number of aromatic nitrogens is 3. The number of alkyl halides is 2. The smallest absolute Gasteiger partial charge is 0.273 e. The van der Waals surface area contributed by atoms with Crippen LogP contribution < -0.4 is 5.14 Å². The molecule has 1 aromatic heterocycles. The van der Waals surface area contributed by atoms with Crippen molar-refractivity contribution in [2.45, 2.75) is 37.9 Å². The molecule has 0 spiro atoms. The van der Waals surface area contributed by atoms with Crippen molar-refractivity contribution < 1.29 is 21.9 Å². The summed E-state index contributed by atoms with van der Waals surface area (Å²) in [4.78, 5) is 0. The molecular formula is C9H16F2N4O3S. The number of hydrogen-bond acceptors (Lipinski definition) is 5. The van der Waals surface area contributed by atoms with Crippen LogP contribution in [-0.2, 0) is 27.7 Å². The summed E-state index contributed by atoms with van der Waals surface area (Å²) in [6, 6.07) is 0. The van der Waals surface area contributed by atoms with Crippen molar-refractivity contribution in [2.75, 3.05) is 13.2 Å². The lowest BCUT2D eigenvalue weighted by molar-refractivity contribution is 0.0180. The van der Waals surface area contributed by atoms with Gasteiger partial charge in [-0.2, -0.15) is 0 Å². The first kappa shape index (κ1) is 15.9. The SMILES string of the molecule is CCCn1c(CCOCC(F)F)nnc1S(N)(=O)=O. The first-order valence-corrected chi connectivity index (χ1v) is 7.21. The van der Waals surface area contributed by atoms with Gasteiger partial charge in [0.15, 0.2) is 0 Å². The van der Waals surface area contributed by atoms with Crippen LogP contribution in [0.4, 0.5) is 8.78 Å². The second-order valence-electron chi connectivity index (χ2n) is 3.81. The molecule has 1 rings (SSSR count). The number of hydrogen-bond donors (Lipinski definition) is 1. The number of rotatable bonds is 8. The fourth-order valence-corrected chi connectivity index (χ4v) is 2.16. The molecule has 0 saturated heterocycles. The third-order valence-corrected chi connectivity index (χ3v) is 3.02. The van der Waals surface area contributed by atoms with Crippen molar-refractivity contribution in [1.82, 2.24) is 14.8 Å². The Hall–Kier alpha value is -1.13.